The van der Waals surface area contributed by atoms with Crippen molar-refractivity contribution < 1.29 is 19.4 Å². The Hall–Kier alpha value is -2.38. The minimum Gasteiger partial charge on any atom is -0.481 e. The third-order valence-electron chi connectivity index (χ3n) is 2.58. The van der Waals surface area contributed by atoms with E-state index >= 15 is 0 Å². The van der Waals surface area contributed by atoms with Crippen LogP contribution in [0.5, 0.6) is 5.88 Å². The first-order chi connectivity index (χ1) is 9.81. The van der Waals surface area contributed by atoms with Gasteiger partial charge in [0.15, 0.2) is 0 Å². The van der Waals surface area contributed by atoms with Gasteiger partial charge in [0.25, 0.3) is 0 Å². The van der Waals surface area contributed by atoms with Crippen molar-refractivity contribution in [3.8, 4) is 5.88 Å². The van der Waals surface area contributed by atoms with Gasteiger partial charge in [-0.25, -0.2) is 14.6 Å². The number of methoxy groups -OCH3 is 1. The molecule has 21 heavy (non-hydrogen) atoms. The summed E-state index contributed by atoms with van der Waals surface area (Å²) in [5.41, 5.74) is 0.620. The number of hydrogen-bond donors (Lipinski definition) is 3. The van der Waals surface area contributed by atoms with Crippen molar-refractivity contribution in [3.05, 3.63) is 11.8 Å². The minimum absolute atomic E-state index is 0.0537. The lowest BCUT2D eigenvalue weighted by Gasteiger charge is -2.16. The maximum Gasteiger partial charge on any atom is 0.326 e. The predicted molar refractivity (Wildman–Crippen MR) is 76.4 cm³/mol. The van der Waals surface area contributed by atoms with Gasteiger partial charge < -0.3 is 15.2 Å². The molecule has 8 heteroatoms. The van der Waals surface area contributed by atoms with Crippen LogP contribution >= 0.6 is 0 Å². The predicted octanol–water partition coefficient (Wildman–Crippen LogP) is 1.41. The van der Waals surface area contributed by atoms with E-state index in [1.807, 2.05) is 13.8 Å². The van der Waals surface area contributed by atoms with E-state index in [1.54, 1.807) is 13.0 Å². The molecule has 0 spiro atoms. The Bertz CT molecular complexity index is 519. The van der Waals surface area contributed by atoms with Gasteiger partial charge in [-0.3, -0.25) is 5.32 Å². The normalized spacial score (nSPS) is 11.9. The van der Waals surface area contributed by atoms with Crippen molar-refractivity contribution in [2.24, 2.45) is 5.92 Å². The molecule has 8 nitrogen and oxygen atoms in total. The largest absolute Gasteiger partial charge is 0.481 e. The second-order valence-electron chi connectivity index (χ2n) is 4.99. The first-order valence-electron chi connectivity index (χ1n) is 6.51. The number of urea groups is 1. The van der Waals surface area contributed by atoms with Crippen molar-refractivity contribution in [2.75, 3.05) is 12.4 Å². The Labute approximate surface area is 122 Å². The van der Waals surface area contributed by atoms with Gasteiger partial charge in [0, 0.05) is 11.8 Å². The fourth-order valence-electron chi connectivity index (χ4n) is 1.69. The highest BCUT2D eigenvalue weighted by Gasteiger charge is 2.21. The van der Waals surface area contributed by atoms with Gasteiger partial charge in [-0.15, -0.1) is 0 Å². The van der Waals surface area contributed by atoms with Crippen molar-refractivity contribution >= 4 is 17.9 Å². The van der Waals surface area contributed by atoms with Crippen molar-refractivity contribution in [2.45, 2.75) is 33.2 Å². The highest BCUT2D eigenvalue weighted by Crippen LogP contribution is 2.11. The summed E-state index contributed by atoms with van der Waals surface area (Å²) in [4.78, 5) is 30.9. The summed E-state index contributed by atoms with van der Waals surface area (Å²) < 4.78 is 4.97. The van der Waals surface area contributed by atoms with Crippen LogP contribution in [0.15, 0.2) is 6.07 Å². The van der Waals surface area contributed by atoms with Crippen LogP contribution in [0, 0.1) is 12.8 Å². The van der Waals surface area contributed by atoms with E-state index in [1.165, 1.54) is 7.11 Å². The topological polar surface area (TPSA) is 113 Å². The lowest BCUT2D eigenvalue weighted by molar-refractivity contribution is -0.139. The third-order valence-corrected chi connectivity index (χ3v) is 2.58. The molecule has 0 saturated heterocycles. The summed E-state index contributed by atoms with van der Waals surface area (Å²) in [7, 11) is 1.45. The fraction of sp³-hybridized carbons (Fsp3) is 0.538. The molecule has 0 saturated carbocycles. The maximum absolute atomic E-state index is 11.8. The quantitative estimate of drug-likeness (QED) is 0.731. The van der Waals surface area contributed by atoms with E-state index in [0.717, 1.165) is 0 Å². The zero-order chi connectivity index (χ0) is 16.0. The number of anilines is 1. The number of carbonyl (C=O) groups excluding carboxylic acids is 1. The number of aryl methyl sites for hydroxylation is 1. The minimum atomic E-state index is -1.08. The van der Waals surface area contributed by atoms with Crippen molar-refractivity contribution in [1.82, 2.24) is 15.3 Å². The number of carboxylic acid groups (broad SMARTS) is 1. The van der Waals surface area contributed by atoms with E-state index in [2.05, 4.69) is 20.6 Å². The third kappa shape index (κ3) is 5.64. The van der Waals surface area contributed by atoms with Gasteiger partial charge in [-0.1, -0.05) is 13.8 Å². The number of carboxylic acids is 1. The van der Waals surface area contributed by atoms with Crippen molar-refractivity contribution in [1.29, 1.82) is 0 Å². The molecular formula is C13H20N4O4. The lowest BCUT2D eigenvalue weighted by Crippen LogP contribution is -2.44. The molecule has 1 aromatic rings. The number of amides is 2. The number of aliphatic carboxylic acids is 1. The molecule has 0 aliphatic carbocycles. The molecule has 0 aliphatic rings. The zero-order valence-corrected chi connectivity index (χ0v) is 12.5. The number of ether oxygens (including phenoxy) is 1. The number of rotatable bonds is 6. The average molecular weight is 296 g/mol. The molecule has 0 bridgehead atoms. The maximum atomic E-state index is 11.8. The summed E-state index contributed by atoms with van der Waals surface area (Å²) in [5.74, 6) is -0.573. The molecule has 3 N–H and O–H groups in total. The highest BCUT2D eigenvalue weighted by atomic mass is 16.5. The van der Waals surface area contributed by atoms with Crippen LogP contribution in [0.4, 0.5) is 10.7 Å². The molecule has 0 aromatic carbocycles. The number of nitrogens with one attached hydrogen (secondary N) is 2. The van der Waals surface area contributed by atoms with Crippen LogP contribution in [0.25, 0.3) is 0 Å². The van der Waals surface area contributed by atoms with Gasteiger partial charge >= 0.3 is 12.0 Å². The summed E-state index contributed by atoms with van der Waals surface area (Å²) in [6.07, 6.45) is 0.334. The smallest absolute Gasteiger partial charge is 0.326 e. The Morgan fingerprint density at radius 2 is 2.05 bits per heavy atom. The van der Waals surface area contributed by atoms with Crippen LogP contribution in [0.2, 0.25) is 0 Å². The van der Waals surface area contributed by atoms with Crippen LogP contribution in [0.3, 0.4) is 0 Å². The Balaban J connectivity index is 2.71. The van der Waals surface area contributed by atoms with E-state index < -0.39 is 18.0 Å². The van der Waals surface area contributed by atoms with Crippen LogP contribution in [-0.4, -0.2) is 40.2 Å². The van der Waals surface area contributed by atoms with Gasteiger partial charge in [0.1, 0.15) is 6.04 Å². The monoisotopic (exact) mass is 296 g/mol. The molecule has 1 heterocycles. The fourth-order valence-corrected chi connectivity index (χ4v) is 1.69. The summed E-state index contributed by atoms with van der Waals surface area (Å²) in [6.45, 7) is 5.49. The van der Waals surface area contributed by atoms with Crippen LogP contribution in [-0.2, 0) is 4.79 Å². The van der Waals surface area contributed by atoms with Gasteiger partial charge in [0.05, 0.1) is 7.11 Å². The highest BCUT2D eigenvalue weighted by molar-refractivity contribution is 5.90. The Kier molecular flexibility index (Phi) is 5.89. The summed E-state index contributed by atoms with van der Waals surface area (Å²) >= 11 is 0. The lowest BCUT2D eigenvalue weighted by atomic mass is 10.0. The zero-order valence-electron chi connectivity index (χ0n) is 12.5. The standard InChI is InChI=1S/C13H20N4O4/c1-7(2)5-9(11(18)19)15-13(20)17-12-14-8(3)6-10(16-12)21-4/h6-7,9H,5H2,1-4H3,(H,18,19)(H2,14,15,16,17,20)/t9-/m0/s1. The van der Waals surface area contributed by atoms with E-state index in [0.29, 0.717) is 18.0 Å². The summed E-state index contributed by atoms with van der Waals surface area (Å²) in [5, 5.41) is 13.9. The first-order valence-corrected chi connectivity index (χ1v) is 6.51. The molecular weight excluding hydrogens is 276 g/mol. The molecule has 1 atom stereocenters. The van der Waals surface area contributed by atoms with Gasteiger partial charge in [-0.2, -0.15) is 4.98 Å². The van der Waals surface area contributed by atoms with Crippen LogP contribution in [0.1, 0.15) is 26.0 Å². The second kappa shape index (κ2) is 7.41. The van der Waals surface area contributed by atoms with Crippen LogP contribution < -0.4 is 15.4 Å². The van der Waals surface area contributed by atoms with E-state index in [-0.39, 0.29) is 11.9 Å². The van der Waals surface area contributed by atoms with Gasteiger partial charge in [-0.05, 0) is 19.3 Å². The molecule has 1 rings (SSSR count). The number of nitrogens with zero attached hydrogens (tertiary/aromatic N) is 2. The SMILES string of the molecule is COc1cc(C)nc(NC(=O)N[C@@H](CC(C)C)C(=O)O)n1. The number of aromatic nitrogens is 2. The average Bonchev–Trinajstić information content (AvgIpc) is 2.36. The first kappa shape index (κ1) is 16.7. The molecule has 1 aromatic heterocycles. The molecule has 0 aliphatic heterocycles. The molecule has 116 valence electrons. The van der Waals surface area contributed by atoms with Crippen molar-refractivity contribution in [3.63, 3.8) is 0 Å². The van der Waals surface area contributed by atoms with E-state index in [4.69, 9.17) is 9.84 Å². The second-order valence-corrected chi connectivity index (χ2v) is 4.99. The number of carbonyl (C=O) groups is 2. The molecule has 0 radical (unpaired) electrons. The number of hydrogen-bond acceptors (Lipinski definition) is 5. The Morgan fingerprint density at radius 3 is 2.57 bits per heavy atom. The molecule has 0 unspecified atom stereocenters. The summed E-state index contributed by atoms with van der Waals surface area (Å²) in [6, 6.07) is -0.0190. The Morgan fingerprint density at radius 1 is 1.38 bits per heavy atom. The molecule has 0 fully saturated rings. The molecule has 2 amide bonds. The van der Waals surface area contributed by atoms with Gasteiger partial charge in [0.2, 0.25) is 11.8 Å². The van der Waals surface area contributed by atoms with E-state index in [9.17, 15) is 9.59 Å².